The van der Waals surface area contributed by atoms with E-state index < -0.39 is 17.7 Å². The van der Waals surface area contributed by atoms with Crippen LogP contribution < -0.4 is 0 Å². The topological polar surface area (TPSA) is 38.0 Å². The predicted molar refractivity (Wildman–Crippen MR) is 67.5 cm³/mol. The van der Waals surface area contributed by atoms with Gasteiger partial charge in [-0.25, -0.2) is 13.8 Å². The molecule has 1 aromatic heterocycles. The van der Waals surface area contributed by atoms with E-state index in [4.69, 9.17) is 0 Å². The maximum atomic E-state index is 13.1. The van der Waals surface area contributed by atoms with Gasteiger partial charge in [-0.2, -0.15) is 0 Å². The number of imidazole rings is 1. The van der Waals surface area contributed by atoms with Crippen LogP contribution in [0.5, 0.6) is 0 Å². The third-order valence-corrected chi connectivity index (χ3v) is 2.90. The molecule has 2 aromatic rings. The van der Waals surface area contributed by atoms with E-state index in [1.165, 1.54) is 12.1 Å². The van der Waals surface area contributed by atoms with Crippen LogP contribution in [0.2, 0.25) is 0 Å². The highest BCUT2D eigenvalue weighted by molar-refractivity contribution is 5.20. The molecule has 3 nitrogen and oxygen atoms in total. The summed E-state index contributed by atoms with van der Waals surface area (Å²) in [5, 5.41) is 10.1. The predicted octanol–water partition coefficient (Wildman–Crippen LogP) is 2.85. The highest BCUT2D eigenvalue weighted by atomic mass is 19.1. The smallest absolute Gasteiger partial charge is 0.126 e. The molecule has 1 heterocycles. The second kappa shape index (κ2) is 5.93. The molecule has 1 unspecified atom stereocenters. The van der Waals surface area contributed by atoms with Gasteiger partial charge in [-0.05, 0) is 24.1 Å². The zero-order valence-electron chi connectivity index (χ0n) is 10.7. The van der Waals surface area contributed by atoms with Crippen molar-refractivity contribution >= 4 is 0 Å². The molecule has 0 spiro atoms. The molecule has 0 aliphatic carbocycles. The lowest BCUT2D eigenvalue weighted by Gasteiger charge is -2.13. The van der Waals surface area contributed by atoms with Crippen LogP contribution in [0.1, 0.15) is 30.7 Å². The van der Waals surface area contributed by atoms with Gasteiger partial charge in [0.15, 0.2) is 0 Å². The lowest BCUT2D eigenvalue weighted by molar-refractivity contribution is 0.168. The molecule has 1 N–H and O–H groups in total. The van der Waals surface area contributed by atoms with E-state index in [9.17, 15) is 13.9 Å². The Hall–Kier alpha value is -1.75. The molecular formula is C14H16F2N2O. The Labute approximate surface area is 110 Å². The first kappa shape index (κ1) is 13.7. The van der Waals surface area contributed by atoms with Crippen LogP contribution in [0.4, 0.5) is 8.78 Å². The Morgan fingerprint density at radius 1 is 1.26 bits per heavy atom. The van der Waals surface area contributed by atoms with Gasteiger partial charge in [0.2, 0.25) is 0 Å². The van der Waals surface area contributed by atoms with Gasteiger partial charge in [-0.3, -0.25) is 0 Å². The van der Waals surface area contributed by atoms with E-state index in [0.717, 1.165) is 19.0 Å². The number of aromatic nitrogens is 2. The van der Waals surface area contributed by atoms with Crippen molar-refractivity contribution in [1.29, 1.82) is 0 Å². The van der Waals surface area contributed by atoms with Crippen molar-refractivity contribution in [3.8, 4) is 0 Å². The summed E-state index contributed by atoms with van der Waals surface area (Å²) >= 11 is 0. The van der Waals surface area contributed by atoms with Crippen molar-refractivity contribution in [3.05, 3.63) is 53.6 Å². The minimum atomic E-state index is -0.824. The van der Waals surface area contributed by atoms with Crippen LogP contribution in [0.15, 0.2) is 30.7 Å². The molecule has 0 saturated heterocycles. The monoisotopic (exact) mass is 266 g/mol. The van der Waals surface area contributed by atoms with Gasteiger partial charge in [0.05, 0.1) is 24.3 Å². The molecule has 102 valence electrons. The third kappa shape index (κ3) is 3.38. The first-order chi connectivity index (χ1) is 9.10. The molecular weight excluding hydrogens is 250 g/mol. The molecule has 1 atom stereocenters. The summed E-state index contributed by atoms with van der Waals surface area (Å²) < 4.78 is 28.0. The van der Waals surface area contributed by atoms with Gasteiger partial charge in [0.1, 0.15) is 11.6 Å². The molecule has 0 saturated carbocycles. The van der Waals surface area contributed by atoms with Crippen molar-refractivity contribution in [2.75, 3.05) is 0 Å². The van der Waals surface area contributed by atoms with Crippen LogP contribution in [-0.2, 0) is 13.0 Å². The van der Waals surface area contributed by atoms with Crippen LogP contribution in [0.3, 0.4) is 0 Å². The van der Waals surface area contributed by atoms with Gasteiger partial charge in [-0.1, -0.05) is 6.92 Å². The second-order valence-electron chi connectivity index (χ2n) is 4.51. The maximum absolute atomic E-state index is 13.1. The number of hydrogen-bond acceptors (Lipinski definition) is 2. The zero-order chi connectivity index (χ0) is 13.8. The molecule has 5 heteroatoms. The van der Waals surface area contributed by atoms with E-state index in [0.29, 0.717) is 11.3 Å². The van der Waals surface area contributed by atoms with Gasteiger partial charge >= 0.3 is 0 Å². The number of hydrogen-bond donors (Lipinski definition) is 1. The highest BCUT2D eigenvalue weighted by Gasteiger charge is 2.14. The fraction of sp³-hybridized carbons (Fsp3) is 0.357. The molecule has 0 amide bonds. The van der Waals surface area contributed by atoms with Gasteiger partial charge in [0, 0.05) is 19.0 Å². The number of aryl methyl sites for hydroxylation is 1. The average Bonchev–Trinajstić information content (AvgIpc) is 2.76. The standard InChI is InChI=1S/C14H16F2N2O/c1-2-3-18-9-17-8-13(18)14(19)6-10-4-11(15)7-12(16)5-10/h4-5,7-9,14,19H,2-3,6H2,1H3. The van der Waals surface area contributed by atoms with E-state index in [-0.39, 0.29) is 6.42 Å². The lowest BCUT2D eigenvalue weighted by Crippen LogP contribution is -2.09. The van der Waals surface area contributed by atoms with Gasteiger partial charge in [-0.15, -0.1) is 0 Å². The number of rotatable bonds is 5. The normalized spacial score (nSPS) is 12.6. The first-order valence-corrected chi connectivity index (χ1v) is 6.23. The number of benzene rings is 1. The molecule has 1 aromatic carbocycles. The summed E-state index contributed by atoms with van der Waals surface area (Å²) in [6.07, 6.45) is 3.48. The molecule has 2 rings (SSSR count). The number of aliphatic hydroxyl groups is 1. The summed E-state index contributed by atoms with van der Waals surface area (Å²) in [6, 6.07) is 3.27. The zero-order valence-corrected chi connectivity index (χ0v) is 10.7. The van der Waals surface area contributed by atoms with Gasteiger partial charge < -0.3 is 9.67 Å². The summed E-state index contributed by atoms with van der Waals surface area (Å²) in [5.41, 5.74) is 1.08. The molecule has 0 bridgehead atoms. The first-order valence-electron chi connectivity index (χ1n) is 6.23. The van der Waals surface area contributed by atoms with Crippen LogP contribution in [-0.4, -0.2) is 14.7 Å². The van der Waals surface area contributed by atoms with Crippen LogP contribution in [0, 0.1) is 11.6 Å². The maximum Gasteiger partial charge on any atom is 0.126 e. The molecule has 0 aliphatic rings. The Balaban J connectivity index is 2.15. The average molecular weight is 266 g/mol. The highest BCUT2D eigenvalue weighted by Crippen LogP contribution is 2.19. The number of nitrogens with zero attached hydrogens (tertiary/aromatic N) is 2. The minimum Gasteiger partial charge on any atom is -0.386 e. The number of halogens is 2. The Bertz CT molecular complexity index is 534. The fourth-order valence-electron chi connectivity index (χ4n) is 2.09. The van der Waals surface area contributed by atoms with E-state index in [2.05, 4.69) is 4.98 Å². The molecule has 0 radical (unpaired) electrons. The molecule has 19 heavy (non-hydrogen) atoms. The van der Waals surface area contributed by atoms with Crippen molar-refractivity contribution < 1.29 is 13.9 Å². The van der Waals surface area contributed by atoms with Crippen molar-refractivity contribution in [2.45, 2.75) is 32.4 Å². The fourth-order valence-corrected chi connectivity index (χ4v) is 2.09. The largest absolute Gasteiger partial charge is 0.386 e. The van der Waals surface area contributed by atoms with Crippen molar-refractivity contribution in [1.82, 2.24) is 9.55 Å². The van der Waals surface area contributed by atoms with Gasteiger partial charge in [0.25, 0.3) is 0 Å². The van der Waals surface area contributed by atoms with Crippen molar-refractivity contribution in [2.24, 2.45) is 0 Å². The Morgan fingerprint density at radius 2 is 1.95 bits per heavy atom. The Morgan fingerprint density at radius 3 is 2.58 bits per heavy atom. The quantitative estimate of drug-likeness (QED) is 0.903. The molecule has 0 aliphatic heterocycles. The van der Waals surface area contributed by atoms with Crippen LogP contribution >= 0.6 is 0 Å². The van der Waals surface area contributed by atoms with E-state index in [1.54, 1.807) is 12.5 Å². The summed E-state index contributed by atoms with van der Waals surface area (Å²) in [7, 11) is 0. The lowest BCUT2D eigenvalue weighted by atomic mass is 10.1. The summed E-state index contributed by atoms with van der Waals surface area (Å²) in [4.78, 5) is 3.99. The van der Waals surface area contributed by atoms with Crippen LogP contribution in [0.25, 0.3) is 0 Å². The summed E-state index contributed by atoms with van der Waals surface area (Å²) in [6.45, 7) is 2.78. The van der Waals surface area contributed by atoms with Crippen molar-refractivity contribution in [3.63, 3.8) is 0 Å². The second-order valence-corrected chi connectivity index (χ2v) is 4.51. The Kier molecular flexibility index (Phi) is 4.27. The SMILES string of the molecule is CCCn1cncc1C(O)Cc1cc(F)cc(F)c1. The van der Waals surface area contributed by atoms with E-state index in [1.807, 2.05) is 11.5 Å². The molecule has 0 fully saturated rings. The minimum absolute atomic E-state index is 0.157. The third-order valence-electron chi connectivity index (χ3n) is 2.90. The van der Waals surface area contributed by atoms with E-state index >= 15 is 0 Å². The number of aliphatic hydroxyl groups excluding tert-OH is 1. The summed E-state index contributed by atoms with van der Waals surface area (Å²) in [5.74, 6) is -1.27.